The topological polar surface area (TPSA) is 247 Å². The number of ketones is 1. The van der Waals surface area contributed by atoms with Gasteiger partial charge in [0.2, 0.25) is 17.7 Å². The molecule has 3 amide bonds. The van der Waals surface area contributed by atoms with Crippen molar-refractivity contribution in [1.82, 2.24) is 20.1 Å². The van der Waals surface area contributed by atoms with Crippen molar-refractivity contribution in [2.45, 2.75) is 76.4 Å². The first kappa shape index (κ1) is 47.2. The number of halogens is 2. The molecule has 3 rings (SSSR count). The van der Waals surface area contributed by atoms with Gasteiger partial charge in [-0.3, -0.25) is 28.8 Å². The van der Waals surface area contributed by atoms with Crippen LogP contribution in [0.5, 0.6) is 0 Å². The standard InChI is InChI=1S/C40H52F2N6O9S/c1-40(2,3)36(32-16-25(28-17-26(41)11-12-29(28)42)21-47(32)20-24-8-5-4-6-9-24)48(35(52)22-49)15-13-30(43)37(53)45-14-7-10-27(50)19-46-34(51)18-33(39(56)57)58-23-31(44)38(54)55/h4-6,8-9,11-12,16-17,21,30-31,33,36,49H,7,10,13-15,18-20,22-23,43-44H2,1-3H3,(H,45,53)(H,46,51)(H,54,55)(H,56,57)/t30-,31-,33?,36-/m0/s1. The Morgan fingerprint density at radius 3 is 2.24 bits per heavy atom. The lowest BCUT2D eigenvalue weighted by Gasteiger charge is -2.41. The summed E-state index contributed by atoms with van der Waals surface area (Å²) < 4.78 is 31.2. The number of nitrogens with zero attached hydrogens (tertiary/aromatic N) is 2. The summed E-state index contributed by atoms with van der Waals surface area (Å²) in [5.74, 6) is -6.41. The summed E-state index contributed by atoms with van der Waals surface area (Å²) in [6.07, 6.45) is 1.34. The number of carbonyl (C=O) groups excluding carboxylic acids is 4. The minimum atomic E-state index is -1.33. The largest absolute Gasteiger partial charge is 0.480 e. The third-order valence-electron chi connectivity index (χ3n) is 9.11. The number of carboxylic acids is 2. The average molecular weight is 831 g/mol. The summed E-state index contributed by atoms with van der Waals surface area (Å²) in [7, 11) is 0. The van der Waals surface area contributed by atoms with Gasteiger partial charge >= 0.3 is 11.9 Å². The number of Topliss-reactive ketones (excluding diaryl/α,β-unsaturated/α-hetero) is 1. The van der Waals surface area contributed by atoms with Crippen LogP contribution in [-0.4, -0.2) is 110 Å². The number of carboxylic acid groups (broad SMARTS) is 2. The summed E-state index contributed by atoms with van der Waals surface area (Å²) >= 11 is 0.705. The van der Waals surface area contributed by atoms with Gasteiger partial charge in [0.1, 0.15) is 29.5 Å². The van der Waals surface area contributed by atoms with Crippen LogP contribution in [0, 0.1) is 17.0 Å². The second-order valence-corrected chi connectivity index (χ2v) is 16.1. The summed E-state index contributed by atoms with van der Waals surface area (Å²) in [5, 5.41) is 32.0. The molecule has 1 aromatic heterocycles. The molecule has 0 aliphatic carbocycles. The summed E-state index contributed by atoms with van der Waals surface area (Å²) in [4.78, 5) is 74.8. The molecule has 1 heterocycles. The Hall–Kier alpha value is -5.17. The molecule has 1 unspecified atom stereocenters. The van der Waals surface area contributed by atoms with Gasteiger partial charge in [0.05, 0.1) is 18.6 Å². The van der Waals surface area contributed by atoms with Crippen molar-refractivity contribution in [3.8, 4) is 11.1 Å². The molecule has 18 heteroatoms. The maximum atomic E-state index is 15.0. The molecule has 0 saturated carbocycles. The van der Waals surface area contributed by atoms with Crippen LogP contribution in [0.1, 0.15) is 63.8 Å². The van der Waals surface area contributed by atoms with E-state index >= 15 is 4.39 Å². The highest BCUT2D eigenvalue weighted by Gasteiger charge is 2.37. The fraction of sp³-hybridized carbons (Fsp3) is 0.450. The van der Waals surface area contributed by atoms with E-state index in [9.17, 15) is 43.4 Å². The van der Waals surface area contributed by atoms with Crippen LogP contribution in [0.3, 0.4) is 0 Å². The lowest BCUT2D eigenvalue weighted by Crippen LogP contribution is -2.47. The normalized spacial score (nSPS) is 13.5. The van der Waals surface area contributed by atoms with Crippen molar-refractivity contribution in [3.63, 3.8) is 0 Å². The third-order valence-corrected chi connectivity index (χ3v) is 10.4. The minimum Gasteiger partial charge on any atom is -0.480 e. The number of aliphatic carboxylic acids is 2. The van der Waals surface area contributed by atoms with E-state index in [4.69, 9.17) is 16.6 Å². The zero-order chi connectivity index (χ0) is 43.2. The molecule has 316 valence electrons. The zero-order valence-corrected chi connectivity index (χ0v) is 33.5. The van der Waals surface area contributed by atoms with Gasteiger partial charge in [0.15, 0.2) is 5.78 Å². The van der Waals surface area contributed by atoms with E-state index < -0.39 is 83.1 Å². The number of aliphatic hydroxyl groups excluding tert-OH is 1. The first-order chi connectivity index (χ1) is 27.3. The van der Waals surface area contributed by atoms with E-state index in [-0.39, 0.29) is 56.0 Å². The second-order valence-electron chi connectivity index (χ2n) is 14.8. The smallest absolute Gasteiger partial charge is 0.321 e. The van der Waals surface area contributed by atoms with E-state index in [0.717, 1.165) is 23.8 Å². The molecule has 0 saturated heterocycles. The van der Waals surface area contributed by atoms with Crippen LogP contribution >= 0.6 is 11.8 Å². The lowest BCUT2D eigenvalue weighted by atomic mass is 9.82. The number of benzene rings is 2. The Morgan fingerprint density at radius 1 is 0.931 bits per heavy atom. The maximum absolute atomic E-state index is 15.0. The number of nitrogens with one attached hydrogen (secondary N) is 2. The van der Waals surface area contributed by atoms with Gasteiger partial charge in [0, 0.05) is 61.2 Å². The van der Waals surface area contributed by atoms with Crippen LogP contribution in [-0.2, 0) is 35.3 Å². The Kier molecular flexibility index (Phi) is 18.0. The number of amides is 3. The van der Waals surface area contributed by atoms with E-state index in [1.54, 1.807) is 12.3 Å². The monoisotopic (exact) mass is 830 g/mol. The van der Waals surface area contributed by atoms with Crippen LogP contribution < -0.4 is 22.1 Å². The number of aliphatic hydroxyl groups is 1. The second kappa shape index (κ2) is 22.1. The summed E-state index contributed by atoms with van der Waals surface area (Å²) in [6.45, 7) is 4.79. The Morgan fingerprint density at radius 2 is 1.62 bits per heavy atom. The molecular formula is C40H52F2N6O9S. The van der Waals surface area contributed by atoms with Gasteiger partial charge in [-0.25, -0.2) is 8.78 Å². The zero-order valence-electron chi connectivity index (χ0n) is 32.7. The SMILES string of the molecule is CC(C)(C)[C@H](c1cc(-c2cc(F)ccc2F)cn1Cc1ccccc1)N(CC[C@H](N)C(=O)NCCCC(=O)CNC(=O)CC(SC[C@H](N)C(=O)O)C(=O)O)C(=O)CO. The van der Waals surface area contributed by atoms with Crippen molar-refractivity contribution < 1.29 is 52.9 Å². The summed E-state index contributed by atoms with van der Waals surface area (Å²) in [5.41, 5.74) is 12.9. The average Bonchev–Trinajstić information content (AvgIpc) is 3.57. The minimum absolute atomic E-state index is 0.0161. The number of thioether (sulfide) groups is 1. The first-order valence-electron chi connectivity index (χ1n) is 18.6. The molecule has 2 aromatic carbocycles. The molecule has 4 atom stereocenters. The molecule has 15 nitrogen and oxygen atoms in total. The van der Waals surface area contributed by atoms with E-state index in [1.807, 2.05) is 55.7 Å². The highest BCUT2D eigenvalue weighted by Crippen LogP contribution is 2.41. The van der Waals surface area contributed by atoms with Crippen LogP contribution in [0.25, 0.3) is 11.1 Å². The van der Waals surface area contributed by atoms with Gasteiger partial charge < -0.3 is 46.9 Å². The predicted octanol–water partition coefficient (Wildman–Crippen LogP) is 2.68. The van der Waals surface area contributed by atoms with E-state index in [0.29, 0.717) is 29.6 Å². The maximum Gasteiger partial charge on any atom is 0.321 e. The highest BCUT2D eigenvalue weighted by atomic mass is 32.2. The van der Waals surface area contributed by atoms with E-state index in [1.165, 1.54) is 4.90 Å². The number of carbonyl (C=O) groups is 6. The number of hydrogen-bond acceptors (Lipinski definition) is 10. The number of aromatic nitrogens is 1. The van der Waals surface area contributed by atoms with Gasteiger partial charge in [0.25, 0.3) is 0 Å². The van der Waals surface area contributed by atoms with Crippen molar-refractivity contribution in [1.29, 1.82) is 0 Å². The van der Waals surface area contributed by atoms with Gasteiger partial charge in [-0.2, -0.15) is 0 Å². The van der Waals surface area contributed by atoms with Crippen molar-refractivity contribution in [3.05, 3.63) is 83.7 Å². The molecule has 0 spiro atoms. The Balaban J connectivity index is 1.64. The van der Waals surface area contributed by atoms with Gasteiger partial charge in [-0.1, -0.05) is 51.1 Å². The van der Waals surface area contributed by atoms with Gasteiger partial charge in [-0.05, 0) is 48.1 Å². The first-order valence-corrected chi connectivity index (χ1v) is 19.6. The van der Waals surface area contributed by atoms with Crippen LogP contribution in [0.2, 0.25) is 0 Å². The third kappa shape index (κ3) is 14.3. The molecule has 9 N–H and O–H groups in total. The molecular weight excluding hydrogens is 779 g/mol. The quantitative estimate of drug-likeness (QED) is 0.0682. The molecule has 0 fully saturated rings. The van der Waals surface area contributed by atoms with Crippen molar-refractivity contribution >= 4 is 47.2 Å². The van der Waals surface area contributed by atoms with Gasteiger partial charge in [-0.15, -0.1) is 11.8 Å². The van der Waals surface area contributed by atoms with Crippen molar-refractivity contribution in [2.24, 2.45) is 16.9 Å². The number of rotatable bonds is 23. The Labute approximate surface area is 339 Å². The molecule has 0 bridgehead atoms. The fourth-order valence-electron chi connectivity index (χ4n) is 6.17. The fourth-order valence-corrected chi connectivity index (χ4v) is 7.17. The van der Waals surface area contributed by atoms with Crippen LogP contribution in [0.4, 0.5) is 8.78 Å². The lowest BCUT2D eigenvalue weighted by molar-refractivity contribution is -0.140. The molecule has 0 radical (unpaired) electrons. The van der Waals surface area contributed by atoms with Crippen LogP contribution in [0.15, 0.2) is 60.8 Å². The molecule has 58 heavy (non-hydrogen) atoms. The van der Waals surface area contributed by atoms with E-state index in [2.05, 4.69) is 10.6 Å². The molecule has 0 aliphatic heterocycles. The predicted molar refractivity (Wildman–Crippen MR) is 213 cm³/mol. The van der Waals surface area contributed by atoms with Crippen molar-refractivity contribution in [2.75, 3.05) is 32.0 Å². The number of nitrogens with two attached hydrogens (primary N) is 2. The molecule has 0 aliphatic rings. The molecule has 3 aromatic rings. The highest BCUT2D eigenvalue weighted by molar-refractivity contribution is 8.00. The summed E-state index contributed by atoms with van der Waals surface area (Å²) in [6, 6.07) is 11.2. The Bertz CT molecular complexity index is 1910. The number of hydrogen-bond donors (Lipinski definition) is 7.